The number of carbonyl (C=O) groups excluding carboxylic acids is 2. The van der Waals surface area contributed by atoms with E-state index in [1.807, 2.05) is 37.3 Å². The van der Waals surface area contributed by atoms with Crippen LogP contribution in [0.5, 0.6) is 0 Å². The Kier molecular flexibility index (Phi) is 5.96. The van der Waals surface area contributed by atoms with Gasteiger partial charge in [0, 0.05) is 38.6 Å². The first-order valence-corrected chi connectivity index (χ1v) is 8.84. The SMILES string of the molecule is CCN(Cc1ccccc1)C(=O)c1cncc(C(=O)N2CCOCC2)c1. The molecule has 1 aromatic carbocycles. The number of hydrogen-bond acceptors (Lipinski definition) is 4. The number of ether oxygens (including phenoxy) is 1. The van der Waals surface area contributed by atoms with Gasteiger partial charge in [-0.05, 0) is 18.6 Å². The predicted molar refractivity (Wildman–Crippen MR) is 97.8 cm³/mol. The molecule has 0 unspecified atom stereocenters. The number of morpholine rings is 1. The first-order chi connectivity index (χ1) is 12.7. The number of hydrogen-bond donors (Lipinski definition) is 0. The Labute approximate surface area is 153 Å². The lowest BCUT2D eigenvalue weighted by Crippen LogP contribution is -2.40. The van der Waals surface area contributed by atoms with Gasteiger partial charge in [-0.2, -0.15) is 0 Å². The molecule has 0 N–H and O–H groups in total. The van der Waals surface area contributed by atoms with Crippen LogP contribution in [0.15, 0.2) is 48.8 Å². The van der Waals surface area contributed by atoms with Crippen molar-refractivity contribution in [3.63, 3.8) is 0 Å². The second kappa shape index (κ2) is 8.58. The third kappa shape index (κ3) is 4.26. The van der Waals surface area contributed by atoms with Crippen LogP contribution in [0.25, 0.3) is 0 Å². The molecular formula is C20H23N3O3. The minimum absolute atomic E-state index is 0.110. The Hall–Kier alpha value is -2.73. The van der Waals surface area contributed by atoms with Gasteiger partial charge in [0.05, 0.1) is 24.3 Å². The summed E-state index contributed by atoms with van der Waals surface area (Å²) in [4.78, 5) is 33.1. The molecule has 6 heteroatoms. The fraction of sp³-hybridized carbons (Fsp3) is 0.350. The maximum atomic E-state index is 12.9. The third-order valence-corrected chi connectivity index (χ3v) is 4.42. The van der Waals surface area contributed by atoms with E-state index in [0.29, 0.717) is 50.5 Å². The zero-order valence-electron chi connectivity index (χ0n) is 14.9. The maximum absolute atomic E-state index is 12.9. The molecule has 2 amide bonds. The van der Waals surface area contributed by atoms with Gasteiger partial charge in [0.15, 0.2) is 0 Å². The lowest BCUT2D eigenvalue weighted by Gasteiger charge is -2.27. The maximum Gasteiger partial charge on any atom is 0.255 e. The first-order valence-electron chi connectivity index (χ1n) is 8.84. The molecule has 1 aliphatic rings. The molecule has 1 saturated heterocycles. The van der Waals surface area contributed by atoms with E-state index in [2.05, 4.69) is 4.98 Å². The molecule has 3 rings (SSSR count). The second-order valence-corrected chi connectivity index (χ2v) is 6.17. The summed E-state index contributed by atoms with van der Waals surface area (Å²) in [6.45, 7) is 5.25. The van der Waals surface area contributed by atoms with E-state index in [1.165, 1.54) is 12.4 Å². The van der Waals surface area contributed by atoms with Crippen LogP contribution in [-0.2, 0) is 11.3 Å². The second-order valence-electron chi connectivity index (χ2n) is 6.17. The van der Waals surface area contributed by atoms with Crippen molar-refractivity contribution in [3.8, 4) is 0 Å². The highest BCUT2D eigenvalue weighted by Crippen LogP contribution is 2.13. The number of nitrogens with zero attached hydrogens (tertiary/aromatic N) is 3. The minimum Gasteiger partial charge on any atom is -0.378 e. The summed E-state index contributed by atoms with van der Waals surface area (Å²) < 4.78 is 5.28. The topological polar surface area (TPSA) is 62.7 Å². The predicted octanol–water partition coefficient (Wildman–Crippen LogP) is 2.22. The van der Waals surface area contributed by atoms with Crippen LogP contribution in [0.2, 0.25) is 0 Å². The fourth-order valence-electron chi connectivity index (χ4n) is 2.94. The summed E-state index contributed by atoms with van der Waals surface area (Å²) in [7, 11) is 0. The van der Waals surface area contributed by atoms with E-state index in [-0.39, 0.29) is 11.8 Å². The van der Waals surface area contributed by atoms with Crippen molar-refractivity contribution in [1.29, 1.82) is 0 Å². The van der Waals surface area contributed by atoms with Crippen LogP contribution in [0.4, 0.5) is 0 Å². The summed E-state index contributed by atoms with van der Waals surface area (Å²) in [5.41, 5.74) is 1.94. The normalized spacial score (nSPS) is 14.1. The Bertz CT molecular complexity index is 758. The molecule has 136 valence electrons. The molecule has 0 radical (unpaired) electrons. The van der Waals surface area contributed by atoms with Gasteiger partial charge >= 0.3 is 0 Å². The molecule has 6 nitrogen and oxygen atoms in total. The lowest BCUT2D eigenvalue weighted by atomic mass is 10.1. The van der Waals surface area contributed by atoms with E-state index in [4.69, 9.17) is 4.74 Å². The Morgan fingerprint density at radius 2 is 1.81 bits per heavy atom. The van der Waals surface area contributed by atoms with Gasteiger partial charge < -0.3 is 14.5 Å². The molecule has 0 aliphatic carbocycles. The molecule has 0 spiro atoms. The monoisotopic (exact) mass is 353 g/mol. The van der Waals surface area contributed by atoms with Gasteiger partial charge in [0.25, 0.3) is 11.8 Å². The zero-order chi connectivity index (χ0) is 18.4. The van der Waals surface area contributed by atoms with Crippen molar-refractivity contribution >= 4 is 11.8 Å². The van der Waals surface area contributed by atoms with E-state index >= 15 is 0 Å². The number of rotatable bonds is 5. The van der Waals surface area contributed by atoms with E-state index in [9.17, 15) is 9.59 Å². The van der Waals surface area contributed by atoms with Crippen molar-refractivity contribution in [1.82, 2.24) is 14.8 Å². The highest BCUT2D eigenvalue weighted by molar-refractivity contribution is 5.99. The molecule has 1 aliphatic heterocycles. The van der Waals surface area contributed by atoms with Crippen LogP contribution >= 0.6 is 0 Å². The highest BCUT2D eigenvalue weighted by atomic mass is 16.5. The van der Waals surface area contributed by atoms with Crippen molar-refractivity contribution in [2.24, 2.45) is 0 Å². The van der Waals surface area contributed by atoms with Gasteiger partial charge in [0.2, 0.25) is 0 Å². The fourth-order valence-corrected chi connectivity index (χ4v) is 2.94. The van der Waals surface area contributed by atoms with E-state index in [1.54, 1.807) is 15.9 Å². The average molecular weight is 353 g/mol. The average Bonchev–Trinajstić information content (AvgIpc) is 2.72. The molecule has 1 fully saturated rings. The summed E-state index contributed by atoms with van der Waals surface area (Å²) in [6, 6.07) is 11.5. The number of benzene rings is 1. The van der Waals surface area contributed by atoms with Gasteiger partial charge in [-0.25, -0.2) is 0 Å². The van der Waals surface area contributed by atoms with Gasteiger partial charge in [-0.15, -0.1) is 0 Å². The number of aromatic nitrogens is 1. The molecule has 2 aromatic rings. The van der Waals surface area contributed by atoms with Crippen molar-refractivity contribution < 1.29 is 14.3 Å². The van der Waals surface area contributed by atoms with Gasteiger partial charge in [-0.1, -0.05) is 30.3 Å². The van der Waals surface area contributed by atoms with Crippen LogP contribution in [0.1, 0.15) is 33.2 Å². The van der Waals surface area contributed by atoms with Crippen molar-refractivity contribution in [2.75, 3.05) is 32.8 Å². The van der Waals surface area contributed by atoms with Crippen LogP contribution < -0.4 is 0 Å². The van der Waals surface area contributed by atoms with Gasteiger partial charge in [-0.3, -0.25) is 14.6 Å². The smallest absolute Gasteiger partial charge is 0.255 e. The summed E-state index contributed by atoms with van der Waals surface area (Å²) in [5.74, 6) is -0.234. The summed E-state index contributed by atoms with van der Waals surface area (Å²) in [6.07, 6.45) is 3.04. The molecule has 1 aromatic heterocycles. The molecule has 2 heterocycles. The third-order valence-electron chi connectivity index (χ3n) is 4.42. The van der Waals surface area contributed by atoms with Crippen LogP contribution in [0.3, 0.4) is 0 Å². The van der Waals surface area contributed by atoms with Crippen molar-refractivity contribution in [3.05, 3.63) is 65.5 Å². The van der Waals surface area contributed by atoms with Gasteiger partial charge in [0.1, 0.15) is 0 Å². The molecule has 0 bridgehead atoms. The van der Waals surface area contributed by atoms with Crippen LogP contribution in [-0.4, -0.2) is 59.4 Å². The minimum atomic E-state index is -0.125. The quantitative estimate of drug-likeness (QED) is 0.827. The van der Waals surface area contributed by atoms with E-state index < -0.39 is 0 Å². The van der Waals surface area contributed by atoms with E-state index in [0.717, 1.165) is 5.56 Å². The molecule has 0 atom stereocenters. The zero-order valence-corrected chi connectivity index (χ0v) is 14.9. The van der Waals surface area contributed by atoms with Crippen LogP contribution in [0, 0.1) is 0 Å². The standard InChI is InChI=1S/C20H23N3O3/c1-2-22(15-16-6-4-3-5-7-16)19(24)17-12-18(14-21-13-17)20(25)23-8-10-26-11-9-23/h3-7,12-14H,2,8-11,15H2,1H3. The first kappa shape index (κ1) is 18.1. The summed E-state index contributed by atoms with van der Waals surface area (Å²) in [5, 5.41) is 0. The number of amides is 2. The Balaban J connectivity index is 1.75. The highest BCUT2D eigenvalue weighted by Gasteiger charge is 2.21. The largest absolute Gasteiger partial charge is 0.378 e. The lowest BCUT2D eigenvalue weighted by molar-refractivity contribution is 0.0302. The number of pyridine rings is 1. The molecule has 26 heavy (non-hydrogen) atoms. The Morgan fingerprint density at radius 1 is 1.12 bits per heavy atom. The molecular weight excluding hydrogens is 330 g/mol. The Morgan fingerprint density at radius 3 is 2.50 bits per heavy atom. The number of carbonyl (C=O) groups is 2. The van der Waals surface area contributed by atoms with Crippen molar-refractivity contribution in [2.45, 2.75) is 13.5 Å². The molecule has 0 saturated carbocycles. The summed E-state index contributed by atoms with van der Waals surface area (Å²) >= 11 is 0.